The molecule has 0 N–H and O–H groups in total. The van der Waals surface area contributed by atoms with Crippen LogP contribution in [0.2, 0.25) is 0 Å². The summed E-state index contributed by atoms with van der Waals surface area (Å²) in [6.07, 6.45) is 0. The van der Waals surface area contributed by atoms with Crippen molar-refractivity contribution in [2.45, 2.75) is 4.46 Å². The Morgan fingerprint density at radius 1 is 1.08 bits per heavy atom. The molecule has 1 aromatic carbocycles. The van der Waals surface area contributed by atoms with Crippen molar-refractivity contribution in [3.8, 4) is 0 Å². The van der Waals surface area contributed by atoms with Crippen LogP contribution in [0.25, 0.3) is 0 Å². The summed E-state index contributed by atoms with van der Waals surface area (Å²) < 4.78 is -0.929. The molecule has 0 amide bonds. The van der Waals surface area contributed by atoms with Gasteiger partial charge in [-0.3, -0.25) is 4.90 Å². The molecule has 1 aromatic rings. The Bertz CT molecular complexity index is 244. The van der Waals surface area contributed by atoms with E-state index >= 15 is 0 Å². The second-order valence-electron chi connectivity index (χ2n) is 2.80. The summed E-state index contributed by atoms with van der Waals surface area (Å²) in [6.45, 7) is 0. The topological polar surface area (TPSA) is 3.24 Å². The standard InChI is InChI=1S/C9H11Cl2N/c1-12(2)9(10,11)8-6-4-3-5-7-8/h3-7H,1-2H3. The Morgan fingerprint density at radius 2 is 1.58 bits per heavy atom. The predicted molar refractivity (Wildman–Crippen MR) is 53.5 cm³/mol. The molecular weight excluding hydrogens is 193 g/mol. The molecule has 0 heterocycles. The zero-order chi connectivity index (χ0) is 9.19. The average Bonchev–Trinajstić information content (AvgIpc) is 2.06. The van der Waals surface area contributed by atoms with Gasteiger partial charge < -0.3 is 0 Å². The molecule has 1 rings (SSSR count). The second-order valence-corrected chi connectivity index (χ2v) is 4.09. The van der Waals surface area contributed by atoms with Gasteiger partial charge in [-0.25, -0.2) is 0 Å². The van der Waals surface area contributed by atoms with Crippen LogP contribution < -0.4 is 0 Å². The van der Waals surface area contributed by atoms with Crippen LogP contribution >= 0.6 is 23.2 Å². The summed E-state index contributed by atoms with van der Waals surface area (Å²) in [5.41, 5.74) is 0.887. The van der Waals surface area contributed by atoms with Gasteiger partial charge >= 0.3 is 0 Å². The van der Waals surface area contributed by atoms with Crippen LogP contribution in [-0.2, 0) is 4.46 Å². The molecule has 0 radical (unpaired) electrons. The second kappa shape index (κ2) is 3.65. The third-order valence-corrected chi connectivity index (χ3v) is 2.80. The fourth-order valence-electron chi connectivity index (χ4n) is 0.897. The first kappa shape index (κ1) is 9.85. The van der Waals surface area contributed by atoms with Crippen LogP contribution in [0.5, 0.6) is 0 Å². The molecule has 66 valence electrons. The zero-order valence-electron chi connectivity index (χ0n) is 7.09. The molecule has 12 heavy (non-hydrogen) atoms. The van der Waals surface area contributed by atoms with Crippen LogP contribution in [0.15, 0.2) is 30.3 Å². The van der Waals surface area contributed by atoms with Crippen molar-refractivity contribution >= 4 is 23.2 Å². The minimum absolute atomic E-state index is 0.887. The van der Waals surface area contributed by atoms with Crippen LogP contribution in [0.3, 0.4) is 0 Å². The van der Waals surface area contributed by atoms with E-state index in [2.05, 4.69) is 0 Å². The lowest BCUT2D eigenvalue weighted by Crippen LogP contribution is -2.30. The number of alkyl halides is 2. The van der Waals surface area contributed by atoms with Crippen molar-refractivity contribution in [3.05, 3.63) is 35.9 Å². The Hall–Kier alpha value is -0.240. The van der Waals surface area contributed by atoms with Crippen LogP contribution in [0.4, 0.5) is 0 Å². The van der Waals surface area contributed by atoms with Gasteiger partial charge in [-0.15, -0.1) is 0 Å². The third kappa shape index (κ3) is 1.92. The molecule has 0 atom stereocenters. The number of hydrogen-bond acceptors (Lipinski definition) is 1. The highest BCUT2D eigenvalue weighted by Crippen LogP contribution is 2.35. The Balaban J connectivity index is 2.98. The molecule has 0 aliphatic carbocycles. The van der Waals surface area contributed by atoms with E-state index in [-0.39, 0.29) is 0 Å². The van der Waals surface area contributed by atoms with Crippen LogP contribution in [-0.4, -0.2) is 19.0 Å². The van der Waals surface area contributed by atoms with Crippen molar-refractivity contribution in [2.24, 2.45) is 0 Å². The average molecular weight is 204 g/mol. The van der Waals surface area contributed by atoms with Crippen LogP contribution in [0, 0.1) is 0 Å². The van der Waals surface area contributed by atoms with E-state index in [0.717, 1.165) is 5.56 Å². The molecule has 0 aliphatic heterocycles. The molecule has 0 spiro atoms. The predicted octanol–water partition coefficient (Wildman–Crippen LogP) is 2.84. The summed E-state index contributed by atoms with van der Waals surface area (Å²) in [7, 11) is 3.68. The van der Waals surface area contributed by atoms with E-state index in [9.17, 15) is 0 Å². The van der Waals surface area contributed by atoms with Crippen molar-refractivity contribution in [2.75, 3.05) is 14.1 Å². The minimum atomic E-state index is -0.929. The highest BCUT2D eigenvalue weighted by molar-refractivity contribution is 6.47. The lowest BCUT2D eigenvalue weighted by Gasteiger charge is -2.27. The van der Waals surface area contributed by atoms with Gasteiger partial charge in [0.2, 0.25) is 0 Å². The van der Waals surface area contributed by atoms with Crippen molar-refractivity contribution in [1.82, 2.24) is 4.90 Å². The Morgan fingerprint density at radius 3 is 2.00 bits per heavy atom. The SMILES string of the molecule is CN(C)C(Cl)(Cl)c1ccccc1. The zero-order valence-corrected chi connectivity index (χ0v) is 8.60. The van der Waals surface area contributed by atoms with Crippen LogP contribution in [0.1, 0.15) is 5.56 Å². The van der Waals surface area contributed by atoms with E-state index in [1.54, 1.807) is 4.90 Å². The lowest BCUT2D eigenvalue weighted by atomic mass is 10.2. The minimum Gasteiger partial charge on any atom is -0.275 e. The monoisotopic (exact) mass is 203 g/mol. The quantitative estimate of drug-likeness (QED) is 0.528. The molecule has 0 aromatic heterocycles. The molecule has 3 heteroatoms. The van der Waals surface area contributed by atoms with Gasteiger partial charge in [0.05, 0.1) is 0 Å². The molecule has 1 nitrogen and oxygen atoms in total. The summed E-state index contributed by atoms with van der Waals surface area (Å²) in [4.78, 5) is 1.76. The largest absolute Gasteiger partial charge is 0.275 e. The highest BCUT2D eigenvalue weighted by Gasteiger charge is 2.28. The molecule has 0 saturated heterocycles. The normalized spacial score (nSPS) is 12.1. The summed E-state index contributed by atoms with van der Waals surface area (Å²) in [6, 6.07) is 9.57. The summed E-state index contributed by atoms with van der Waals surface area (Å²) >= 11 is 12.2. The molecular formula is C9H11Cl2N. The number of rotatable bonds is 2. The van der Waals surface area contributed by atoms with Gasteiger partial charge in [-0.05, 0) is 14.1 Å². The van der Waals surface area contributed by atoms with Gasteiger partial charge in [-0.1, -0.05) is 53.5 Å². The Kier molecular flexibility index (Phi) is 2.99. The first-order valence-corrected chi connectivity index (χ1v) is 4.41. The number of benzene rings is 1. The van der Waals surface area contributed by atoms with Crippen molar-refractivity contribution in [3.63, 3.8) is 0 Å². The van der Waals surface area contributed by atoms with Gasteiger partial charge in [0.15, 0.2) is 4.46 Å². The van der Waals surface area contributed by atoms with Crippen molar-refractivity contribution in [1.29, 1.82) is 0 Å². The van der Waals surface area contributed by atoms with E-state index in [1.165, 1.54) is 0 Å². The third-order valence-electron chi connectivity index (χ3n) is 1.68. The van der Waals surface area contributed by atoms with E-state index in [1.807, 2.05) is 44.4 Å². The molecule has 0 unspecified atom stereocenters. The molecule has 0 bridgehead atoms. The Labute approximate surface area is 82.9 Å². The van der Waals surface area contributed by atoms with Gasteiger partial charge in [-0.2, -0.15) is 0 Å². The van der Waals surface area contributed by atoms with E-state index in [0.29, 0.717) is 0 Å². The fourth-order valence-corrected chi connectivity index (χ4v) is 1.15. The van der Waals surface area contributed by atoms with Gasteiger partial charge in [0, 0.05) is 5.56 Å². The summed E-state index contributed by atoms with van der Waals surface area (Å²) in [5, 5.41) is 0. The molecule has 0 aliphatic rings. The number of nitrogens with zero attached hydrogens (tertiary/aromatic N) is 1. The maximum absolute atomic E-state index is 6.09. The maximum atomic E-state index is 6.09. The number of halogens is 2. The van der Waals surface area contributed by atoms with E-state index in [4.69, 9.17) is 23.2 Å². The van der Waals surface area contributed by atoms with Gasteiger partial charge in [0.1, 0.15) is 0 Å². The number of hydrogen-bond donors (Lipinski definition) is 0. The lowest BCUT2D eigenvalue weighted by molar-refractivity contribution is 0.343. The fraction of sp³-hybridized carbons (Fsp3) is 0.333. The smallest absolute Gasteiger partial charge is 0.196 e. The maximum Gasteiger partial charge on any atom is 0.196 e. The first-order valence-electron chi connectivity index (χ1n) is 3.66. The first-order chi connectivity index (χ1) is 5.55. The molecule has 0 fully saturated rings. The van der Waals surface area contributed by atoms with E-state index < -0.39 is 4.46 Å². The molecule has 0 saturated carbocycles. The van der Waals surface area contributed by atoms with Gasteiger partial charge in [0.25, 0.3) is 0 Å². The van der Waals surface area contributed by atoms with Crippen molar-refractivity contribution < 1.29 is 0 Å². The highest BCUT2D eigenvalue weighted by atomic mass is 35.5. The summed E-state index contributed by atoms with van der Waals surface area (Å²) in [5.74, 6) is 0.